The molecule has 1 aliphatic heterocycles. The van der Waals surface area contributed by atoms with Gasteiger partial charge in [0.1, 0.15) is 5.75 Å². The van der Waals surface area contributed by atoms with Crippen LogP contribution in [0.1, 0.15) is 5.56 Å². The number of nitrogens with one attached hydrogen (secondary N) is 1. The number of carbonyl (C=O) groups excluding carboxylic acids is 1. The van der Waals surface area contributed by atoms with E-state index in [-0.39, 0.29) is 23.9 Å². The van der Waals surface area contributed by atoms with Crippen molar-refractivity contribution < 1.29 is 14.8 Å². The van der Waals surface area contributed by atoms with Gasteiger partial charge in [-0.3, -0.25) is 19.8 Å². The van der Waals surface area contributed by atoms with Gasteiger partial charge in [-0.15, -0.1) is 0 Å². The number of rotatable bonds is 5. The van der Waals surface area contributed by atoms with E-state index in [9.17, 15) is 20.0 Å². The number of anilines is 2. The van der Waals surface area contributed by atoms with Crippen LogP contribution in [-0.2, 0) is 4.79 Å². The number of carbonyl (C=O) groups is 1. The highest BCUT2D eigenvalue weighted by Crippen LogP contribution is 2.27. The Morgan fingerprint density at radius 2 is 1.89 bits per heavy atom. The lowest BCUT2D eigenvalue weighted by Crippen LogP contribution is -2.48. The second-order valence-electron chi connectivity index (χ2n) is 6.56. The minimum absolute atomic E-state index is 0.0101. The van der Waals surface area contributed by atoms with Crippen LogP contribution < -0.4 is 10.2 Å². The van der Waals surface area contributed by atoms with Crippen LogP contribution in [0, 0.1) is 17.0 Å². The molecule has 0 unspecified atom stereocenters. The molecule has 1 heterocycles. The molecule has 8 nitrogen and oxygen atoms in total. The summed E-state index contributed by atoms with van der Waals surface area (Å²) in [6.07, 6.45) is 0. The number of aromatic hydroxyl groups is 1. The minimum Gasteiger partial charge on any atom is -0.506 e. The smallest absolute Gasteiger partial charge is 0.274 e. The van der Waals surface area contributed by atoms with Crippen molar-refractivity contribution in [2.24, 2.45) is 0 Å². The van der Waals surface area contributed by atoms with E-state index in [2.05, 4.69) is 10.2 Å². The Balaban J connectivity index is 1.53. The predicted molar refractivity (Wildman–Crippen MR) is 103 cm³/mol. The van der Waals surface area contributed by atoms with Crippen LogP contribution in [0.5, 0.6) is 5.75 Å². The van der Waals surface area contributed by atoms with Crippen LogP contribution in [0.25, 0.3) is 0 Å². The van der Waals surface area contributed by atoms with Crippen LogP contribution in [0.2, 0.25) is 0 Å². The molecule has 1 aliphatic rings. The molecule has 2 N–H and O–H groups in total. The molecule has 0 radical (unpaired) electrons. The molecule has 2 aromatic carbocycles. The summed E-state index contributed by atoms with van der Waals surface area (Å²) in [4.78, 5) is 26.9. The highest BCUT2D eigenvalue weighted by atomic mass is 16.6. The second-order valence-corrected chi connectivity index (χ2v) is 6.56. The van der Waals surface area contributed by atoms with Gasteiger partial charge in [0, 0.05) is 43.5 Å². The number of nitrogens with zero attached hydrogens (tertiary/aromatic N) is 3. The average molecular weight is 370 g/mol. The first-order chi connectivity index (χ1) is 12.9. The van der Waals surface area contributed by atoms with E-state index < -0.39 is 4.92 Å². The number of nitro benzene ring substituents is 1. The first-order valence-electron chi connectivity index (χ1n) is 8.74. The molecule has 1 amide bonds. The molecule has 0 spiro atoms. The van der Waals surface area contributed by atoms with Gasteiger partial charge in [-0.25, -0.2) is 0 Å². The van der Waals surface area contributed by atoms with Crippen molar-refractivity contribution in [1.29, 1.82) is 0 Å². The Bertz CT molecular complexity index is 847. The fourth-order valence-electron chi connectivity index (χ4n) is 3.17. The summed E-state index contributed by atoms with van der Waals surface area (Å²) in [5.41, 5.74) is 1.76. The van der Waals surface area contributed by atoms with E-state index in [4.69, 9.17) is 0 Å². The highest BCUT2D eigenvalue weighted by Gasteiger charge is 2.21. The number of amides is 1. The first-order valence-corrected chi connectivity index (χ1v) is 8.74. The fourth-order valence-corrected chi connectivity index (χ4v) is 3.17. The Morgan fingerprint density at radius 3 is 2.56 bits per heavy atom. The summed E-state index contributed by atoms with van der Waals surface area (Å²) < 4.78 is 0. The van der Waals surface area contributed by atoms with Gasteiger partial charge in [0.15, 0.2) is 0 Å². The van der Waals surface area contributed by atoms with Crippen molar-refractivity contribution in [3.8, 4) is 5.75 Å². The number of aryl methyl sites for hydroxylation is 1. The zero-order valence-electron chi connectivity index (χ0n) is 15.1. The molecule has 142 valence electrons. The quantitative estimate of drug-likeness (QED) is 0.619. The molecular formula is C19H22N4O4. The van der Waals surface area contributed by atoms with Gasteiger partial charge < -0.3 is 15.3 Å². The van der Waals surface area contributed by atoms with Crippen molar-refractivity contribution >= 4 is 23.0 Å². The van der Waals surface area contributed by atoms with E-state index in [0.29, 0.717) is 37.4 Å². The van der Waals surface area contributed by atoms with Crippen LogP contribution >= 0.6 is 0 Å². The van der Waals surface area contributed by atoms with Crippen molar-refractivity contribution in [3.63, 3.8) is 0 Å². The van der Waals surface area contributed by atoms with E-state index in [1.165, 1.54) is 6.07 Å². The fraction of sp³-hybridized carbons (Fsp3) is 0.316. The zero-order valence-corrected chi connectivity index (χ0v) is 15.1. The van der Waals surface area contributed by atoms with Crippen molar-refractivity contribution in [2.45, 2.75) is 6.92 Å². The first kappa shape index (κ1) is 18.7. The average Bonchev–Trinajstić information content (AvgIpc) is 2.64. The number of nitro groups is 1. The van der Waals surface area contributed by atoms with Crippen LogP contribution in [0.15, 0.2) is 42.5 Å². The van der Waals surface area contributed by atoms with E-state index >= 15 is 0 Å². The number of phenols is 1. The van der Waals surface area contributed by atoms with Gasteiger partial charge in [-0.05, 0) is 25.1 Å². The molecule has 3 rings (SSSR count). The van der Waals surface area contributed by atoms with E-state index in [1.807, 2.05) is 17.0 Å². The molecular weight excluding hydrogens is 348 g/mol. The normalized spacial score (nSPS) is 14.8. The molecule has 27 heavy (non-hydrogen) atoms. The third-order valence-electron chi connectivity index (χ3n) is 4.65. The zero-order chi connectivity index (χ0) is 19.4. The summed E-state index contributed by atoms with van der Waals surface area (Å²) in [7, 11) is 0. The topological polar surface area (TPSA) is 99.0 Å². The number of phenolic OH excluding ortho intramolecular Hbond substituents is 1. The molecule has 1 fully saturated rings. The summed E-state index contributed by atoms with van der Waals surface area (Å²) in [5.74, 6) is 0.0498. The molecule has 0 aromatic heterocycles. The maximum Gasteiger partial charge on any atom is 0.274 e. The number of benzene rings is 2. The maximum atomic E-state index is 12.3. The van der Waals surface area contributed by atoms with Gasteiger partial charge >= 0.3 is 0 Å². The SMILES string of the molecule is Cc1ccc(NC(=O)CN2CCN(c3ccccc3O)CC2)cc1[N+](=O)[O-]. The Kier molecular flexibility index (Phi) is 5.56. The standard InChI is InChI=1S/C19H22N4O4/c1-14-6-7-15(12-17(14)23(26)27)20-19(25)13-21-8-10-22(11-9-21)16-4-2-3-5-18(16)24/h2-7,12,24H,8-11,13H2,1H3,(H,20,25). The maximum absolute atomic E-state index is 12.3. The molecule has 8 heteroatoms. The van der Waals surface area contributed by atoms with Gasteiger partial charge in [0.2, 0.25) is 5.91 Å². The van der Waals surface area contributed by atoms with Crippen LogP contribution in [0.3, 0.4) is 0 Å². The van der Waals surface area contributed by atoms with E-state index in [0.717, 1.165) is 5.69 Å². The summed E-state index contributed by atoms with van der Waals surface area (Å²) in [6, 6.07) is 11.9. The van der Waals surface area contributed by atoms with Gasteiger partial charge in [0.25, 0.3) is 5.69 Å². The lowest BCUT2D eigenvalue weighted by molar-refractivity contribution is -0.385. The van der Waals surface area contributed by atoms with Gasteiger partial charge in [-0.2, -0.15) is 0 Å². The number of piperazine rings is 1. The molecule has 0 atom stereocenters. The third kappa shape index (κ3) is 4.53. The summed E-state index contributed by atoms with van der Waals surface area (Å²) in [6.45, 7) is 4.68. The predicted octanol–water partition coefficient (Wildman–Crippen LogP) is 2.37. The van der Waals surface area contributed by atoms with Gasteiger partial charge in [-0.1, -0.05) is 18.2 Å². The molecule has 0 aliphatic carbocycles. The second kappa shape index (κ2) is 8.05. The third-order valence-corrected chi connectivity index (χ3v) is 4.65. The molecule has 0 bridgehead atoms. The lowest BCUT2D eigenvalue weighted by Gasteiger charge is -2.35. The lowest BCUT2D eigenvalue weighted by atomic mass is 10.2. The Hall–Kier alpha value is -3.13. The largest absolute Gasteiger partial charge is 0.506 e. The van der Waals surface area contributed by atoms with Crippen molar-refractivity contribution in [1.82, 2.24) is 4.90 Å². The van der Waals surface area contributed by atoms with E-state index in [1.54, 1.807) is 31.2 Å². The molecule has 2 aromatic rings. The Labute approximate surface area is 157 Å². The monoisotopic (exact) mass is 370 g/mol. The molecule has 1 saturated heterocycles. The van der Waals surface area contributed by atoms with Gasteiger partial charge in [0.05, 0.1) is 17.2 Å². The number of para-hydroxylation sites is 2. The number of hydrogen-bond donors (Lipinski definition) is 2. The Morgan fingerprint density at radius 1 is 1.19 bits per heavy atom. The minimum atomic E-state index is -0.455. The summed E-state index contributed by atoms with van der Waals surface area (Å²) >= 11 is 0. The van der Waals surface area contributed by atoms with Crippen LogP contribution in [-0.4, -0.2) is 53.6 Å². The molecule has 0 saturated carbocycles. The number of hydrogen-bond acceptors (Lipinski definition) is 6. The van der Waals surface area contributed by atoms with Crippen molar-refractivity contribution in [3.05, 3.63) is 58.1 Å². The van der Waals surface area contributed by atoms with Crippen LogP contribution in [0.4, 0.5) is 17.1 Å². The summed E-state index contributed by atoms with van der Waals surface area (Å²) in [5, 5.41) is 23.7. The van der Waals surface area contributed by atoms with Crippen molar-refractivity contribution in [2.75, 3.05) is 42.9 Å². The highest BCUT2D eigenvalue weighted by molar-refractivity contribution is 5.92.